The summed E-state index contributed by atoms with van der Waals surface area (Å²) in [6.07, 6.45) is 2.82. The highest BCUT2D eigenvalue weighted by atomic mass is 35.5. The number of anilines is 1. The van der Waals surface area contributed by atoms with Crippen LogP contribution in [0.25, 0.3) is 16.3 Å². The third-order valence-electron chi connectivity index (χ3n) is 2.78. The standard InChI is InChI=1S/C13H8Cl2FN5OS/c1-6(22)19-13-20-11(12(23-13)21-5-17-4-18-21)7-2-10(16)9(15)3-8(7)14/h2-5H,1H3,(H,19,20,22). The van der Waals surface area contributed by atoms with Crippen molar-refractivity contribution in [1.29, 1.82) is 0 Å². The highest BCUT2D eigenvalue weighted by molar-refractivity contribution is 7.18. The van der Waals surface area contributed by atoms with Crippen LogP contribution in [-0.4, -0.2) is 25.7 Å². The van der Waals surface area contributed by atoms with Crippen molar-refractivity contribution in [1.82, 2.24) is 19.7 Å². The van der Waals surface area contributed by atoms with Gasteiger partial charge < -0.3 is 5.32 Å². The van der Waals surface area contributed by atoms with Gasteiger partial charge >= 0.3 is 0 Å². The fraction of sp³-hybridized carbons (Fsp3) is 0.0769. The Balaban J connectivity index is 2.19. The minimum absolute atomic E-state index is 0.0848. The van der Waals surface area contributed by atoms with Crippen LogP contribution in [0.2, 0.25) is 10.0 Å². The van der Waals surface area contributed by atoms with E-state index in [1.54, 1.807) is 0 Å². The Morgan fingerprint density at radius 1 is 1.35 bits per heavy atom. The number of nitrogens with one attached hydrogen (secondary N) is 1. The van der Waals surface area contributed by atoms with Gasteiger partial charge in [0.15, 0.2) is 5.13 Å². The summed E-state index contributed by atoms with van der Waals surface area (Å²) in [4.78, 5) is 19.4. The Morgan fingerprint density at radius 2 is 2.13 bits per heavy atom. The maximum Gasteiger partial charge on any atom is 0.223 e. The quantitative estimate of drug-likeness (QED) is 0.710. The van der Waals surface area contributed by atoms with Crippen molar-refractivity contribution in [3.05, 3.63) is 40.6 Å². The molecule has 3 aromatic rings. The van der Waals surface area contributed by atoms with Crippen LogP contribution in [0.4, 0.5) is 9.52 Å². The second-order valence-corrected chi connectivity index (χ2v) is 6.23. The Morgan fingerprint density at radius 3 is 2.78 bits per heavy atom. The molecule has 0 saturated carbocycles. The van der Waals surface area contributed by atoms with Gasteiger partial charge in [-0.05, 0) is 12.1 Å². The Hall–Kier alpha value is -2.03. The van der Waals surface area contributed by atoms with Crippen molar-refractivity contribution in [2.45, 2.75) is 6.92 Å². The zero-order valence-electron chi connectivity index (χ0n) is 11.5. The average Bonchev–Trinajstić information content (AvgIpc) is 3.11. The molecule has 1 amide bonds. The molecular formula is C13H8Cl2FN5OS. The maximum absolute atomic E-state index is 13.8. The summed E-state index contributed by atoms with van der Waals surface area (Å²) in [6, 6.07) is 2.49. The number of hydrogen-bond donors (Lipinski definition) is 1. The van der Waals surface area contributed by atoms with Crippen molar-refractivity contribution < 1.29 is 9.18 Å². The summed E-state index contributed by atoms with van der Waals surface area (Å²) in [5.74, 6) is -0.895. The van der Waals surface area contributed by atoms with Gasteiger partial charge in [0.05, 0.1) is 10.0 Å². The smallest absolute Gasteiger partial charge is 0.223 e. The van der Waals surface area contributed by atoms with Gasteiger partial charge in [0, 0.05) is 12.5 Å². The van der Waals surface area contributed by atoms with Crippen molar-refractivity contribution in [3.8, 4) is 16.3 Å². The number of amides is 1. The van der Waals surface area contributed by atoms with Gasteiger partial charge in [0.2, 0.25) is 5.91 Å². The summed E-state index contributed by atoms with van der Waals surface area (Å²) in [6.45, 7) is 1.37. The highest BCUT2D eigenvalue weighted by Crippen LogP contribution is 2.38. The lowest BCUT2D eigenvalue weighted by molar-refractivity contribution is -0.114. The first-order valence-electron chi connectivity index (χ1n) is 6.24. The molecule has 10 heteroatoms. The largest absolute Gasteiger partial charge is 0.302 e. The van der Waals surface area contributed by atoms with Crippen molar-refractivity contribution >= 4 is 45.6 Å². The van der Waals surface area contributed by atoms with E-state index in [0.717, 1.165) is 11.3 Å². The van der Waals surface area contributed by atoms with E-state index < -0.39 is 5.82 Å². The lowest BCUT2D eigenvalue weighted by atomic mass is 10.1. The van der Waals surface area contributed by atoms with Crippen molar-refractivity contribution in [2.24, 2.45) is 0 Å². The van der Waals surface area contributed by atoms with E-state index in [0.29, 0.717) is 21.4 Å². The summed E-state index contributed by atoms with van der Waals surface area (Å²) in [7, 11) is 0. The van der Waals surface area contributed by atoms with Crippen LogP contribution >= 0.6 is 34.5 Å². The van der Waals surface area contributed by atoms with E-state index in [9.17, 15) is 9.18 Å². The summed E-state index contributed by atoms with van der Waals surface area (Å²) in [5.41, 5.74) is 0.705. The molecule has 0 saturated heterocycles. The van der Waals surface area contributed by atoms with Crippen LogP contribution in [0, 0.1) is 5.82 Å². The third-order valence-corrected chi connectivity index (χ3v) is 4.35. The lowest BCUT2D eigenvalue weighted by Gasteiger charge is -2.05. The fourth-order valence-electron chi connectivity index (χ4n) is 1.86. The molecule has 23 heavy (non-hydrogen) atoms. The second kappa shape index (κ2) is 6.23. The van der Waals surface area contributed by atoms with E-state index in [1.165, 1.54) is 36.4 Å². The van der Waals surface area contributed by atoms with E-state index in [-0.39, 0.29) is 16.0 Å². The number of benzene rings is 1. The van der Waals surface area contributed by atoms with Crippen LogP contribution in [0.3, 0.4) is 0 Å². The van der Waals surface area contributed by atoms with Gasteiger partial charge in [-0.25, -0.2) is 19.0 Å². The van der Waals surface area contributed by atoms with E-state index in [2.05, 4.69) is 20.4 Å². The molecular weight excluding hydrogens is 364 g/mol. The van der Waals surface area contributed by atoms with Crippen molar-refractivity contribution in [3.63, 3.8) is 0 Å². The molecule has 0 bridgehead atoms. The first-order valence-corrected chi connectivity index (χ1v) is 7.81. The normalized spacial score (nSPS) is 10.8. The number of thiazole rings is 1. The third kappa shape index (κ3) is 3.19. The number of hydrogen-bond acceptors (Lipinski definition) is 5. The number of halogens is 3. The van der Waals surface area contributed by atoms with Crippen LogP contribution in [0.15, 0.2) is 24.8 Å². The summed E-state index contributed by atoms with van der Waals surface area (Å²) < 4.78 is 15.3. The molecule has 0 fully saturated rings. The van der Waals surface area contributed by atoms with Crippen LogP contribution < -0.4 is 5.32 Å². The average molecular weight is 372 g/mol. The molecule has 1 aromatic carbocycles. The monoisotopic (exact) mass is 371 g/mol. The maximum atomic E-state index is 13.8. The predicted molar refractivity (Wildman–Crippen MR) is 86.7 cm³/mol. The first kappa shape index (κ1) is 15.9. The Bertz CT molecular complexity index is 881. The molecule has 0 unspecified atom stereocenters. The molecule has 6 nitrogen and oxygen atoms in total. The number of aromatic nitrogens is 4. The molecule has 0 aliphatic carbocycles. The number of rotatable bonds is 3. The van der Waals surface area contributed by atoms with E-state index in [1.807, 2.05) is 0 Å². The molecule has 1 N–H and O–H groups in total. The molecule has 0 atom stereocenters. The van der Waals surface area contributed by atoms with Crippen molar-refractivity contribution in [2.75, 3.05) is 5.32 Å². The number of carbonyl (C=O) groups excluding carboxylic acids is 1. The predicted octanol–water partition coefficient (Wildman–Crippen LogP) is 3.80. The Kier molecular flexibility index (Phi) is 4.29. The van der Waals surface area contributed by atoms with Crippen LogP contribution in [-0.2, 0) is 4.79 Å². The van der Waals surface area contributed by atoms with E-state index >= 15 is 0 Å². The van der Waals surface area contributed by atoms with Crippen LogP contribution in [0.1, 0.15) is 6.92 Å². The molecule has 2 heterocycles. The highest BCUT2D eigenvalue weighted by Gasteiger charge is 2.20. The van der Waals surface area contributed by atoms with Gasteiger partial charge in [-0.3, -0.25) is 4.79 Å². The second-order valence-electron chi connectivity index (χ2n) is 4.44. The van der Waals surface area contributed by atoms with Gasteiger partial charge in [-0.1, -0.05) is 34.5 Å². The molecule has 0 spiro atoms. The molecule has 0 aliphatic heterocycles. The van der Waals surface area contributed by atoms with Gasteiger partial charge in [0.1, 0.15) is 29.2 Å². The van der Waals surface area contributed by atoms with Gasteiger partial charge in [-0.2, -0.15) is 5.10 Å². The molecule has 0 aliphatic rings. The molecule has 3 rings (SSSR count). The lowest BCUT2D eigenvalue weighted by Crippen LogP contribution is -2.04. The number of nitrogens with zero attached hydrogens (tertiary/aromatic N) is 4. The zero-order chi connectivity index (χ0) is 16.6. The van der Waals surface area contributed by atoms with E-state index in [4.69, 9.17) is 23.2 Å². The topological polar surface area (TPSA) is 72.7 Å². The summed E-state index contributed by atoms with van der Waals surface area (Å²) >= 11 is 13.1. The SMILES string of the molecule is CC(=O)Nc1nc(-c2cc(F)c(Cl)cc2Cl)c(-n2cncn2)s1. The zero-order valence-corrected chi connectivity index (χ0v) is 13.9. The minimum atomic E-state index is -0.621. The Labute approximate surface area is 143 Å². The van der Waals surface area contributed by atoms with Gasteiger partial charge in [0.25, 0.3) is 0 Å². The van der Waals surface area contributed by atoms with Gasteiger partial charge in [-0.15, -0.1) is 0 Å². The van der Waals surface area contributed by atoms with Crippen LogP contribution in [0.5, 0.6) is 0 Å². The molecule has 2 aromatic heterocycles. The minimum Gasteiger partial charge on any atom is -0.302 e. The summed E-state index contributed by atoms with van der Waals surface area (Å²) in [5, 5.41) is 7.65. The molecule has 0 radical (unpaired) electrons. The fourth-order valence-corrected chi connectivity index (χ4v) is 3.29. The number of carbonyl (C=O) groups is 1. The molecule has 118 valence electrons. The first-order chi connectivity index (χ1) is 11.0.